The molecule has 0 fully saturated rings. The van der Waals surface area contributed by atoms with Gasteiger partial charge in [-0.25, -0.2) is 0 Å². The van der Waals surface area contributed by atoms with Gasteiger partial charge < -0.3 is 9.47 Å². The Morgan fingerprint density at radius 2 is 1.12 bits per heavy atom. The highest BCUT2D eigenvalue weighted by Crippen LogP contribution is 2.45. The Balaban J connectivity index is 1.56. The number of rotatable bonds is 4. The molecule has 194 valence electrons. The molecule has 0 saturated carbocycles. The second-order valence-electron chi connectivity index (χ2n) is 11.4. The van der Waals surface area contributed by atoms with Gasteiger partial charge in [0.25, 0.3) is 0 Å². The van der Waals surface area contributed by atoms with Crippen molar-refractivity contribution in [3.63, 3.8) is 0 Å². The zero-order valence-electron chi connectivity index (χ0n) is 23.2. The van der Waals surface area contributed by atoms with Crippen molar-refractivity contribution < 1.29 is 0 Å². The summed E-state index contributed by atoms with van der Waals surface area (Å²) in [4.78, 5) is 2.42. The van der Waals surface area contributed by atoms with Gasteiger partial charge in [-0.15, -0.1) is 0 Å². The van der Waals surface area contributed by atoms with Crippen molar-refractivity contribution in [2.24, 2.45) is 0 Å². The molecule has 1 aromatic heterocycles. The number of fused-ring (bicyclic) bond motifs is 4. The molecule has 2 heteroatoms. The third-order valence-electron chi connectivity index (χ3n) is 7.81. The maximum atomic E-state index is 2.49. The summed E-state index contributed by atoms with van der Waals surface area (Å²) in [5.74, 6) is 0. The van der Waals surface area contributed by atoms with Gasteiger partial charge >= 0.3 is 0 Å². The van der Waals surface area contributed by atoms with Crippen LogP contribution in [0.4, 0.5) is 17.1 Å². The first kappa shape index (κ1) is 24.2. The molecule has 2 nitrogen and oxygen atoms in total. The minimum Gasteiger partial charge on any atom is -0.335 e. The Morgan fingerprint density at radius 1 is 0.500 bits per heavy atom. The lowest BCUT2D eigenvalue weighted by Gasteiger charge is -2.29. The molecule has 0 aliphatic carbocycles. The molecule has 0 amide bonds. The zero-order chi connectivity index (χ0) is 27.3. The van der Waals surface area contributed by atoms with E-state index in [4.69, 9.17) is 0 Å². The maximum Gasteiger partial charge on any atom is 0.0546 e. The van der Waals surface area contributed by atoms with Crippen LogP contribution in [0.3, 0.4) is 0 Å². The van der Waals surface area contributed by atoms with Crippen molar-refractivity contribution in [1.82, 2.24) is 4.57 Å². The number of para-hydroxylation sites is 2. The van der Waals surface area contributed by atoms with Crippen LogP contribution in [-0.4, -0.2) is 4.57 Å². The lowest BCUT2D eigenvalue weighted by Crippen LogP contribution is -2.21. The van der Waals surface area contributed by atoms with Crippen molar-refractivity contribution in [3.05, 3.63) is 140 Å². The molecule has 0 saturated heterocycles. The van der Waals surface area contributed by atoms with E-state index in [0.29, 0.717) is 0 Å². The number of aromatic nitrogens is 1. The molecular formula is C38H32N2. The fraction of sp³-hybridized carbons (Fsp3) is 0.105. The van der Waals surface area contributed by atoms with E-state index in [9.17, 15) is 0 Å². The molecule has 0 spiro atoms. The predicted octanol–water partition coefficient (Wildman–Crippen LogP) is 10.8. The van der Waals surface area contributed by atoms with Gasteiger partial charge in [0.05, 0.1) is 11.2 Å². The fourth-order valence-electron chi connectivity index (χ4n) is 6.18. The van der Waals surface area contributed by atoms with E-state index < -0.39 is 0 Å². The molecule has 0 radical (unpaired) electrons. The molecule has 1 heterocycles. The lowest BCUT2D eigenvalue weighted by molar-refractivity contribution is 0.423. The van der Waals surface area contributed by atoms with Crippen LogP contribution in [0.5, 0.6) is 0 Å². The standard InChI is InChI=1S/C38H32N2/c1-38(2,3)40-34-21-13-12-20-32(34)33-24-23-30(26-36(33)40)39(29-17-8-5-9-18-29)35-25-22-27-14-10-11-19-31(27)37(35)28-15-6-4-7-16-28/h4-26H,1-3H3. The van der Waals surface area contributed by atoms with E-state index in [1.807, 2.05) is 0 Å². The zero-order valence-corrected chi connectivity index (χ0v) is 23.2. The van der Waals surface area contributed by atoms with Gasteiger partial charge in [-0.3, -0.25) is 0 Å². The van der Waals surface area contributed by atoms with Gasteiger partial charge in [0, 0.05) is 38.8 Å². The summed E-state index contributed by atoms with van der Waals surface area (Å²) in [6, 6.07) is 50.4. The summed E-state index contributed by atoms with van der Waals surface area (Å²) < 4.78 is 2.49. The minimum absolute atomic E-state index is 0.0737. The smallest absolute Gasteiger partial charge is 0.0546 e. The van der Waals surface area contributed by atoms with E-state index >= 15 is 0 Å². The van der Waals surface area contributed by atoms with Crippen LogP contribution >= 0.6 is 0 Å². The van der Waals surface area contributed by atoms with Gasteiger partial charge in [-0.2, -0.15) is 0 Å². The van der Waals surface area contributed by atoms with E-state index in [1.165, 1.54) is 43.7 Å². The average Bonchev–Trinajstić information content (AvgIpc) is 3.32. The van der Waals surface area contributed by atoms with Gasteiger partial charge in [0.15, 0.2) is 0 Å². The number of anilines is 3. The minimum atomic E-state index is -0.0737. The second-order valence-corrected chi connectivity index (χ2v) is 11.4. The number of hydrogen-bond acceptors (Lipinski definition) is 1. The van der Waals surface area contributed by atoms with Crippen LogP contribution in [0.15, 0.2) is 140 Å². The van der Waals surface area contributed by atoms with E-state index in [1.54, 1.807) is 0 Å². The van der Waals surface area contributed by atoms with Crippen LogP contribution < -0.4 is 4.90 Å². The van der Waals surface area contributed by atoms with Crippen molar-refractivity contribution in [3.8, 4) is 11.1 Å². The number of benzene rings is 6. The van der Waals surface area contributed by atoms with Crippen molar-refractivity contribution in [1.29, 1.82) is 0 Å². The van der Waals surface area contributed by atoms with Gasteiger partial charge in [-0.05, 0) is 73.5 Å². The fourth-order valence-corrected chi connectivity index (χ4v) is 6.18. The molecule has 0 aliphatic heterocycles. The van der Waals surface area contributed by atoms with E-state index in [0.717, 1.165) is 17.1 Å². The van der Waals surface area contributed by atoms with Crippen LogP contribution in [0, 0.1) is 0 Å². The summed E-state index contributed by atoms with van der Waals surface area (Å²) in [5.41, 5.74) is 8.31. The Kier molecular flexibility index (Phi) is 5.71. The highest BCUT2D eigenvalue weighted by molar-refractivity contribution is 6.10. The monoisotopic (exact) mass is 516 g/mol. The maximum absolute atomic E-state index is 2.49. The molecule has 0 N–H and O–H groups in total. The summed E-state index contributed by atoms with van der Waals surface area (Å²) in [5, 5.41) is 5.06. The molecule has 7 rings (SSSR count). The molecular weight excluding hydrogens is 484 g/mol. The Hall–Kier alpha value is -4.82. The van der Waals surface area contributed by atoms with Gasteiger partial charge in [0.2, 0.25) is 0 Å². The van der Waals surface area contributed by atoms with Crippen LogP contribution in [0.25, 0.3) is 43.7 Å². The van der Waals surface area contributed by atoms with Crippen LogP contribution in [0.1, 0.15) is 20.8 Å². The normalized spacial score (nSPS) is 11.9. The van der Waals surface area contributed by atoms with E-state index in [2.05, 4.69) is 170 Å². The van der Waals surface area contributed by atoms with Crippen molar-refractivity contribution in [2.75, 3.05) is 4.90 Å². The average molecular weight is 517 g/mol. The first-order valence-corrected chi connectivity index (χ1v) is 14.0. The third kappa shape index (κ3) is 3.96. The third-order valence-corrected chi connectivity index (χ3v) is 7.81. The quantitative estimate of drug-likeness (QED) is 0.226. The molecule has 6 aromatic carbocycles. The predicted molar refractivity (Wildman–Crippen MR) is 172 cm³/mol. The van der Waals surface area contributed by atoms with Crippen LogP contribution in [0.2, 0.25) is 0 Å². The highest BCUT2D eigenvalue weighted by Gasteiger charge is 2.23. The number of hydrogen-bond donors (Lipinski definition) is 0. The SMILES string of the molecule is CC(C)(C)n1c2ccccc2c2ccc(N(c3ccccc3)c3ccc4ccccc4c3-c3ccccc3)cc21. The number of nitrogens with zero attached hydrogens (tertiary/aromatic N) is 2. The molecule has 40 heavy (non-hydrogen) atoms. The topological polar surface area (TPSA) is 8.17 Å². The Bertz CT molecular complexity index is 1980. The van der Waals surface area contributed by atoms with Gasteiger partial charge in [-0.1, -0.05) is 103 Å². The largest absolute Gasteiger partial charge is 0.335 e. The second kappa shape index (κ2) is 9.43. The first-order valence-electron chi connectivity index (χ1n) is 14.0. The molecule has 0 aliphatic rings. The molecule has 0 unspecified atom stereocenters. The molecule has 0 bridgehead atoms. The molecule has 0 atom stereocenters. The molecule has 7 aromatic rings. The Labute approximate surface area is 235 Å². The van der Waals surface area contributed by atoms with Crippen molar-refractivity contribution >= 4 is 49.6 Å². The summed E-state index contributed by atoms with van der Waals surface area (Å²) in [7, 11) is 0. The van der Waals surface area contributed by atoms with Crippen LogP contribution in [-0.2, 0) is 5.54 Å². The lowest BCUT2D eigenvalue weighted by atomic mass is 9.95. The Morgan fingerprint density at radius 3 is 1.88 bits per heavy atom. The first-order chi connectivity index (χ1) is 19.5. The van der Waals surface area contributed by atoms with Gasteiger partial charge in [0.1, 0.15) is 0 Å². The summed E-state index contributed by atoms with van der Waals surface area (Å²) in [6.07, 6.45) is 0. The highest BCUT2D eigenvalue weighted by atomic mass is 15.1. The van der Waals surface area contributed by atoms with E-state index in [-0.39, 0.29) is 5.54 Å². The summed E-state index contributed by atoms with van der Waals surface area (Å²) in [6.45, 7) is 6.87. The summed E-state index contributed by atoms with van der Waals surface area (Å²) >= 11 is 0. The van der Waals surface area contributed by atoms with Crippen molar-refractivity contribution in [2.45, 2.75) is 26.3 Å².